The Labute approximate surface area is 158 Å². The first kappa shape index (κ1) is 20.5. The van der Waals surface area contributed by atoms with Crippen molar-refractivity contribution in [1.82, 2.24) is 9.62 Å². The van der Waals surface area contributed by atoms with Crippen molar-refractivity contribution < 1.29 is 13.3 Å². The fourth-order valence-electron chi connectivity index (χ4n) is 2.25. The molecule has 0 heterocycles. The van der Waals surface area contributed by atoms with Crippen molar-refractivity contribution in [3.63, 3.8) is 0 Å². The number of nitrogens with one attached hydrogen (secondary N) is 1. The minimum atomic E-state index is -3.82. The molecule has 2 aromatic rings. The number of hydrogen-bond donors (Lipinski definition) is 1. The van der Waals surface area contributed by atoms with Gasteiger partial charge in [-0.2, -0.15) is 0 Å². The molecule has 8 nitrogen and oxygen atoms in total. The van der Waals surface area contributed by atoms with E-state index in [4.69, 9.17) is 0 Å². The van der Waals surface area contributed by atoms with Crippen LogP contribution < -0.4 is 4.72 Å². The van der Waals surface area contributed by atoms with E-state index in [1.807, 2.05) is 50.1 Å². The quantitative estimate of drug-likeness (QED) is 0.339. The topological polar surface area (TPSA) is 105 Å². The van der Waals surface area contributed by atoms with E-state index in [-0.39, 0.29) is 17.1 Å². The maximum atomic E-state index is 12.3. The average Bonchev–Trinajstić information content (AvgIpc) is 2.63. The number of aryl methyl sites for hydroxylation is 1. The lowest BCUT2D eigenvalue weighted by Gasteiger charge is -2.19. The highest BCUT2D eigenvalue weighted by molar-refractivity contribution is 7.89. The van der Waals surface area contributed by atoms with Gasteiger partial charge in [-0.15, -0.1) is 0 Å². The molecule has 0 aliphatic rings. The molecule has 0 atom stereocenters. The van der Waals surface area contributed by atoms with Gasteiger partial charge >= 0.3 is 0 Å². The maximum absolute atomic E-state index is 12.3. The van der Waals surface area contributed by atoms with Gasteiger partial charge in [0.25, 0.3) is 5.69 Å². The lowest BCUT2D eigenvalue weighted by atomic mass is 10.2. The normalized spacial score (nSPS) is 12.0. The highest BCUT2D eigenvalue weighted by Gasteiger charge is 2.17. The van der Waals surface area contributed by atoms with Crippen LogP contribution in [0.25, 0.3) is 0 Å². The molecule has 0 unspecified atom stereocenters. The number of benzene rings is 2. The third-order valence-electron chi connectivity index (χ3n) is 3.96. The summed E-state index contributed by atoms with van der Waals surface area (Å²) < 4.78 is 27.0. The molecule has 1 N–H and O–H groups in total. The Morgan fingerprint density at radius 3 is 2.52 bits per heavy atom. The van der Waals surface area contributed by atoms with E-state index in [9.17, 15) is 18.5 Å². The van der Waals surface area contributed by atoms with Gasteiger partial charge < -0.3 is 4.90 Å². The van der Waals surface area contributed by atoms with Crippen LogP contribution in [0.4, 0.5) is 11.4 Å². The predicted octanol–water partition coefficient (Wildman–Crippen LogP) is 2.86. The van der Waals surface area contributed by atoms with Gasteiger partial charge in [-0.05, 0) is 32.0 Å². The van der Waals surface area contributed by atoms with Crippen LogP contribution in [0.3, 0.4) is 0 Å². The number of sulfonamides is 1. The van der Waals surface area contributed by atoms with E-state index >= 15 is 0 Å². The van der Waals surface area contributed by atoms with Crippen molar-refractivity contribution in [2.24, 2.45) is 4.99 Å². The Hall–Kier alpha value is -2.78. The van der Waals surface area contributed by atoms with Gasteiger partial charge in [0.2, 0.25) is 10.0 Å². The monoisotopic (exact) mass is 390 g/mol. The lowest BCUT2D eigenvalue weighted by Crippen LogP contribution is -2.35. The average molecular weight is 390 g/mol. The van der Waals surface area contributed by atoms with Crippen LogP contribution in [-0.2, 0) is 10.0 Å². The van der Waals surface area contributed by atoms with Crippen molar-refractivity contribution in [2.45, 2.75) is 18.7 Å². The molecule has 0 saturated heterocycles. The molecule has 0 aliphatic carbocycles. The second kappa shape index (κ2) is 8.74. The molecule has 0 saturated carbocycles. The molecular formula is C18H22N4O4S. The van der Waals surface area contributed by atoms with Crippen molar-refractivity contribution >= 4 is 27.2 Å². The van der Waals surface area contributed by atoms with Crippen LogP contribution in [0.2, 0.25) is 0 Å². The van der Waals surface area contributed by atoms with E-state index in [0.29, 0.717) is 6.54 Å². The Kier molecular flexibility index (Phi) is 6.65. The van der Waals surface area contributed by atoms with Crippen LogP contribution in [0.5, 0.6) is 0 Å². The first-order valence-corrected chi connectivity index (χ1v) is 9.74. The Balaban J connectivity index is 1.97. The van der Waals surface area contributed by atoms with Crippen LogP contribution >= 0.6 is 0 Å². The van der Waals surface area contributed by atoms with Crippen molar-refractivity contribution in [3.8, 4) is 0 Å². The summed E-state index contributed by atoms with van der Waals surface area (Å²) in [6.07, 6.45) is 0. The number of hydrogen-bond acceptors (Lipinski definition) is 5. The van der Waals surface area contributed by atoms with E-state index in [0.717, 1.165) is 23.2 Å². The van der Waals surface area contributed by atoms with Crippen LogP contribution in [-0.4, -0.2) is 44.2 Å². The number of rotatable bonds is 7. The molecule has 0 fully saturated rings. The molecule has 0 amide bonds. The number of nitro groups is 1. The second-order valence-corrected chi connectivity index (χ2v) is 7.84. The number of amidine groups is 1. The fraction of sp³-hybridized carbons (Fsp3) is 0.278. The first-order chi connectivity index (χ1) is 12.7. The highest BCUT2D eigenvalue weighted by Crippen LogP contribution is 2.17. The number of likely N-dealkylation sites (N-methyl/N-ethyl adjacent to an activating group) is 1. The summed E-state index contributed by atoms with van der Waals surface area (Å²) in [5.41, 5.74) is 1.70. The number of non-ortho nitro benzene ring substituents is 1. The first-order valence-electron chi connectivity index (χ1n) is 8.26. The Bertz CT molecular complexity index is 940. The Morgan fingerprint density at radius 2 is 1.89 bits per heavy atom. The number of nitro benzene ring substituents is 1. The van der Waals surface area contributed by atoms with Crippen LogP contribution in [0, 0.1) is 17.0 Å². The molecule has 9 heteroatoms. The zero-order chi connectivity index (χ0) is 20.0. The van der Waals surface area contributed by atoms with Gasteiger partial charge in [0.15, 0.2) is 0 Å². The third kappa shape index (κ3) is 5.87. The molecule has 0 spiro atoms. The largest absolute Gasteiger partial charge is 0.362 e. The molecule has 144 valence electrons. The second-order valence-electron chi connectivity index (χ2n) is 6.07. The summed E-state index contributed by atoms with van der Waals surface area (Å²) in [4.78, 5) is 16.4. The van der Waals surface area contributed by atoms with Gasteiger partial charge in [0.1, 0.15) is 5.84 Å². The molecule has 2 rings (SSSR count). The van der Waals surface area contributed by atoms with E-state index in [2.05, 4.69) is 9.71 Å². The van der Waals surface area contributed by atoms with Crippen molar-refractivity contribution in [3.05, 3.63) is 64.2 Å². The summed E-state index contributed by atoms with van der Waals surface area (Å²) in [7, 11) is -2.01. The highest BCUT2D eigenvalue weighted by atomic mass is 32.2. The maximum Gasteiger partial charge on any atom is 0.270 e. The molecule has 0 aromatic heterocycles. The summed E-state index contributed by atoms with van der Waals surface area (Å²) in [5, 5.41) is 10.8. The van der Waals surface area contributed by atoms with Crippen LogP contribution in [0.15, 0.2) is 58.4 Å². The van der Waals surface area contributed by atoms with Gasteiger partial charge in [-0.3, -0.25) is 10.1 Å². The van der Waals surface area contributed by atoms with Crippen LogP contribution in [0.1, 0.15) is 12.5 Å². The van der Waals surface area contributed by atoms with Crippen molar-refractivity contribution in [2.75, 3.05) is 20.1 Å². The summed E-state index contributed by atoms with van der Waals surface area (Å²) in [5.74, 6) is 0.744. The molecule has 27 heavy (non-hydrogen) atoms. The molecule has 0 aliphatic heterocycles. The molecule has 0 radical (unpaired) electrons. The standard InChI is InChI=1S/C18H22N4O4S/c1-14-7-9-16(10-8-14)20-15(2)21(3)12-11-19-27(25,26)18-6-4-5-17(13-18)22(23)24/h4-10,13,19H,11-12H2,1-3H3. The molecular weight excluding hydrogens is 368 g/mol. The van der Waals surface area contributed by atoms with Gasteiger partial charge in [-0.1, -0.05) is 23.8 Å². The molecule has 0 bridgehead atoms. The van der Waals surface area contributed by atoms with Crippen molar-refractivity contribution in [1.29, 1.82) is 0 Å². The van der Waals surface area contributed by atoms with E-state index in [1.165, 1.54) is 18.2 Å². The number of aliphatic imine (C=N–C) groups is 1. The predicted molar refractivity (Wildman–Crippen MR) is 105 cm³/mol. The Morgan fingerprint density at radius 1 is 1.22 bits per heavy atom. The lowest BCUT2D eigenvalue weighted by molar-refractivity contribution is -0.385. The molecule has 2 aromatic carbocycles. The minimum Gasteiger partial charge on any atom is -0.362 e. The zero-order valence-electron chi connectivity index (χ0n) is 15.4. The minimum absolute atomic E-state index is 0.135. The summed E-state index contributed by atoms with van der Waals surface area (Å²) in [6, 6.07) is 12.7. The smallest absolute Gasteiger partial charge is 0.270 e. The van der Waals surface area contributed by atoms with E-state index < -0.39 is 14.9 Å². The van der Waals surface area contributed by atoms with Gasteiger partial charge in [0, 0.05) is 32.3 Å². The van der Waals surface area contributed by atoms with E-state index in [1.54, 1.807) is 0 Å². The van der Waals surface area contributed by atoms with Gasteiger partial charge in [-0.25, -0.2) is 18.1 Å². The summed E-state index contributed by atoms with van der Waals surface area (Å²) in [6.45, 7) is 4.38. The fourth-order valence-corrected chi connectivity index (χ4v) is 3.31. The summed E-state index contributed by atoms with van der Waals surface area (Å²) >= 11 is 0. The number of nitrogens with zero attached hydrogens (tertiary/aromatic N) is 3. The third-order valence-corrected chi connectivity index (χ3v) is 5.41. The zero-order valence-corrected chi connectivity index (χ0v) is 16.2. The SMILES string of the molecule is CC(=Nc1ccc(C)cc1)N(C)CCNS(=O)(=O)c1cccc([N+](=O)[O-])c1. The van der Waals surface area contributed by atoms with Gasteiger partial charge in [0.05, 0.1) is 15.5 Å².